The number of benzene rings is 1. The van der Waals surface area contributed by atoms with Gasteiger partial charge in [-0.3, -0.25) is 0 Å². The molecule has 1 aromatic carbocycles. The Morgan fingerprint density at radius 2 is 1.90 bits per heavy atom. The van der Waals surface area contributed by atoms with E-state index in [1.165, 1.54) is 11.1 Å². The molecule has 20 heavy (non-hydrogen) atoms. The van der Waals surface area contributed by atoms with Crippen LogP contribution in [0.5, 0.6) is 0 Å². The third-order valence-electron chi connectivity index (χ3n) is 4.76. The molecule has 3 nitrogen and oxygen atoms in total. The van der Waals surface area contributed by atoms with Crippen LogP contribution < -0.4 is 5.73 Å². The molecular formula is C17H25NO2. The Balaban J connectivity index is 1.63. The van der Waals surface area contributed by atoms with Crippen LogP contribution in [0.4, 0.5) is 0 Å². The quantitative estimate of drug-likeness (QED) is 0.922. The van der Waals surface area contributed by atoms with Gasteiger partial charge in [0.2, 0.25) is 0 Å². The number of fused-ring (bicyclic) bond motifs is 1. The Labute approximate surface area is 121 Å². The van der Waals surface area contributed by atoms with E-state index in [1.54, 1.807) is 0 Å². The van der Waals surface area contributed by atoms with Crippen molar-refractivity contribution in [2.24, 2.45) is 11.7 Å². The lowest BCUT2D eigenvalue weighted by Gasteiger charge is -2.36. The predicted octanol–water partition coefficient (Wildman–Crippen LogP) is 3.01. The van der Waals surface area contributed by atoms with Crippen molar-refractivity contribution < 1.29 is 9.47 Å². The molecular weight excluding hydrogens is 250 g/mol. The topological polar surface area (TPSA) is 44.5 Å². The second-order valence-electron chi connectivity index (χ2n) is 6.22. The lowest BCUT2D eigenvalue weighted by Crippen LogP contribution is -2.36. The monoisotopic (exact) mass is 275 g/mol. The van der Waals surface area contributed by atoms with Gasteiger partial charge >= 0.3 is 0 Å². The summed E-state index contributed by atoms with van der Waals surface area (Å²) in [4.78, 5) is 0. The van der Waals surface area contributed by atoms with Crippen LogP contribution in [0, 0.1) is 5.92 Å². The zero-order chi connectivity index (χ0) is 13.9. The average molecular weight is 275 g/mol. The van der Waals surface area contributed by atoms with Crippen molar-refractivity contribution in [1.29, 1.82) is 0 Å². The van der Waals surface area contributed by atoms with E-state index in [1.807, 2.05) is 0 Å². The maximum atomic E-state index is 6.42. The van der Waals surface area contributed by atoms with Crippen LogP contribution in [0.25, 0.3) is 0 Å². The molecule has 1 aliphatic heterocycles. The van der Waals surface area contributed by atoms with E-state index in [4.69, 9.17) is 15.2 Å². The molecule has 3 rings (SSSR count). The first-order chi connectivity index (χ1) is 9.75. The second kappa shape index (κ2) is 6.25. The minimum atomic E-state index is 0.0160. The molecule has 3 atom stereocenters. The van der Waals surface area contributed by atoms with Crippen molar-refractivity contribution in [3.05, 3.63) is 35.4 Å². The highest BCUT2D eigenvalue weighted by Gasteiger charge is 2.31. The third kappa shape index (κ3) is 2.90. The van der Waals surface area contributed by atoms with Gasteiger partial charge in [0.25, 0.3) is 0 Å². The SMILES string of the molecule is CC1CC(OCC2CCOCC2)C(N)c2ccccc21. The molecule has 1 aromatic rings. The summed E-state index contributed by atoms with van der Waals surface area (Å²) in [6, 6.07) is 8.55. The molecule has 1 heterocycles. The lowest BCUT2D eigenvalue weighted by atomic mass is 9.79. The highest BCUT2D eigenvalue weighted by Crippen LogP contribution is 2.37. The molecule has 3 heteroatoms. The minimum Gasteiger partial charge on any atom is -0.381 e. The van der Waals surface area contributed by atoms with E-state index in [2.05, 4.69) is 31.2 Å². The van der Waals surface area contributed by atoms with Crippen LogP contribution in [-0.2, 0) is 9.47 Å². The molecule has 2 aliphatic rings. The molecule has 0 aromatic heterocycles. The molecule has 0 radical (unpaired) electrons. The Morgan fingerprint density at radius 3 is 2.65 bits per heavy atom. The molecule has 0 spiro atoms. The molecule has 3 unspecified atom stereocenters. The molecule has 1 aliphatic carbocycles. The van der Waals surface area contributed by atoms with Gasteiger partial charge in [-0.25, -0.2) is 0 Å². The fourth-order valence-electron chi connectivity index (χ4n) is 3.43. The zero-order valence-electron chi connectivity index (χ0n) is 12.3. The van der Waals surface area contributed by atoms with Gasteiger partial charge in [0.05, 0.1) is 18.8 Å². The molecule has 1 fully saturated rings. The highest BCUT2D eigenvalue weighted by molar-refractivity contribution is 5.35. The first-order valence-corrected chi connectivity index (χ1v) is 7.79. The summed E-state index contributed by atoms with van der Waals surface area (Å²) in [7, 11) is 0. The van der Waals surface area contributed by atoms with Crippen LogP contribution in [-0.4, -0.2) is 25.9 Å². The number of nitrogens with two attached hydrogens (primary N) is 1. The van der Waals surface area contributed by atoms with Crippen molar-refractivity contribution in [1.82, 2.24) is 0 Å². The fraction of sp³-hybridized carbons (Fsp3) is 0.647. The second-order valence-corrected chi connectivity index (χ2v) is 6.22. The van der Waals surface area contributed by atoms with E-state index >= 15 is 0 Å². The van der Waals surface area contributed by atoms with Crippen molar-refractivity contribution in [2.75, 3.05) is 19.8 Å². The Kier molecular flexibility index (Phi) is 4.39. The number of hydrogen-bond donors (Lipinski definition) is 1. The van der Waals surface area contributed by atoms with Crippen LogP contribution in [0.2, 0.25) is 0 Å². The van der Waals surface area contributed by atoms with Crippen molar-refractivity contribution in [3.63, 3.8) is 0 Å². The number of ether oxygens (including phenoxy) is 2. The summed E-state index contributed by atoms with van der Waals surface area (Å²) in [6.07, 6.45) is 3.42. The Bertz CT molecular complexity index is 442. The van der Waals surface area contributed by atoms with Gasteiger partial charge in [-0.15, -0.1) is 0 Å². The summed E-state index contributed by atoms with van der Waals surface area (Å²) in [5, 5.41) is 0. The van der Waals surface area contributed by atoms with Crippen molar-refractivity contribution in [3.8, 4) is 0 Å². The van der Waals surface area contributed by atoms with Crippen LogP contribution in [0.3, 0.4) is 0 Å². The molecule has 0 saturated carbocycles. The maximum absolute atomic E-state index is 6.42. The summed E-state index contributed by atoms with van der Waals surface area (Å²) in [6.45, 7) is 4.86. The van der Waals surface area contributed by atoms with E-state index in [9.17, 15) is 0 Å². The molecule has 1 saturated heterocycles. The van der Waals surface area contributed by atoms with Crippen molar-refractivity contribution >= 4 is 0 Å². The summed E-state index contributed by atoms with van der Waals surface area (Å²) in [5.41, 5.74) is 9.08. The van der Waals surface area contributed by atoms with Crippen LogP contribution >= 0.6 is 0 Å². The van der Waals surface area contributed by atoms with Gasteiger partial charge < -0.3 is 15.2 Å². The van der Waals surface area contributed by atoms with E-state index in [0.717, 1.165) is 39.1 Å². The van der Waals surface area contributed by atoms with Crippen molar-refractivity contribution in [2.45, 2.75) is 44.2 Å². The first kappa shape index (κ1) is 14.1. The normalized spacial score (nSPS) is 31.0. The van der Waals surface area contributed by atoms with Gasteiger partial charge in [-0.05, 0) is 42.2 Å². The van der Waals surface area contributed by atoms with Crippen LogP contribution in [0.1, 0.15) is 49.3 Å². The van der Waals surface area contributed by atoms with Crippen LogP contribution in [0.15, 0.2) is 24.3 Å². The Morgan fingerprint density at radius 1 is 1.20 bits per heavy atom. The van der Waals surface area contributed by atoms with Gasteiger partial charge in [0.15, 0.2) is 0 Å². The lowest BCUT2D eigenvalue weighted by molar-refractivity contribution is -0.0276. The molecule has 110 valence electrons. The molecule has 0 bridgehead atoms. The summed E-state index contributed by atoms with van der Waals surface area (Å²) < 4.78 is 11.6. The Hall–Kier alpha value is -0.900. The molecule has 2 N–H and O–H groups in total. The smallest absolute Gasteiger partial charge is 0.0773 e. The number of rotatable bonds is 3. The van der Waals surface area contributed by atoms with E-state index in [0.29, 0.717) is 11.8 Å². The minimum absolute atomic E-state index is 0.0160. The standard InChI is InChI=1S/C17H25NO2/c1-12-10-16(20-11-13-6-8-19-9-7-13)17(18)15-5-3-2-4-14(12)15/h2-5,12-13,16-17H,6-11,18H2,1H3. The third-order valence-corrected chi connectivity index (χ3v) is 4.76. The van der Waals surface area contributed by atoms with E-state index in [-0.39, 0.29) is 12.1 Å². The maximum Gasteiger partial charge on any atom is 0.0773 e. The predicted molar refractivity (Wildman–Crippen MR) is 79.7 cm³/mol. The van der Waals surface area contributed by atoms with Gasteiger partial charge in [-0.1, -0.05) is 31.2 Å². The number of hydrogen-bond acceptors (Lipinski definition) is 3. The van der Waals surface area contributed by atoms with Gasteiger partial charge in [0.1, 0.15) is 0 Å². The molecule has 0 amide bonds. The summed E-state index contributed by atoms with van der Waals surface area (Å²) >= 11 is 0. The largest absolute Gasteiger partial charge is 0.381 e. The highest BCUT2D eigenvalue weighted by atomic mass is 16.5. The van der Waals surface area contributed by atoms with Gasteiger partial charge in [0, 0.05) is 13.2 Å². The average Bonchev–Trinajstić information content (AvgIpc) is 2.50. The van der Waals surface area contributed by atoms with Gasteiger partial charge in [-0.2, -0.15) is 0 Å². The summed E-state index contributed by atoms with van der Waals surface area (Å²) in [5.74, 6) is 1.18. The first-order valence-electron chi connectivity index (χ1n) is 7.79. The van der Waals surface area contributed by atoms with E-state index < -0.39 is 0 Å². The zero-order valence-corrected chi connectivity index (χ0v) is 12.3. The fourth-order valence-corrected chi connectivity index (χ4v) is 3.43.